The number of carbonyl (C=O) groups excluding carboxylic acids is 1. The molecule has 3 aromatic rings. The highest BCUT2D eigenvalue weighted by atomic mass is 32.2. The molecule has 2 aliphatic carbocycles. The lowest BCUT2D eigenvalue weighted by atomic mass is 10.0. The van der Waals surface area contributed by atoms with Gasteiger partial charge in [0, 0.05) is 42.4 Å². The van der Waals surface area contributed by atoms with Gasteiger partial charge in [0.2, 0.25) is 5.95 Å². The van der Waals surface area contributed by atoms with E-state index in [0.29, 0.717) is 21.9 Å². The van der Waals surface area contributed by atoms with E-state index in [1.165, 1.54) is 36.7 Å². The molecule has 1 N–H and O–H groups in total. The van der Waals surface area contributed by atoms with Crippen LogP contribution in [-0.4, -0.2) is 35.6 Å². The third-order valence-corrected chi connectivity index (χ3v) is 7.27. The topological polar surface area (TPSA) is 129 Å². The normalized spacial score (nSPS) is 16.2. The van der Waals surface area contributed by atoms with Gasteiger partial charge in [-0.15, -0.1) is 10.2 Å². The second-order valence-corrected chi connectivity index (χ2v) is 9.50. The predicted octanol–water partition coefficient (Wildman–Crippen LogP) is 4.45. The second-order valence-electron chi connectivity index (χ2n) is 8.49. The summed E-state index contributed by atoms with van der Waals surface area (Å²) in [6.45, 7) is 0. The second kappa shape index (κ2) is 8.89. The molecule has 11 heteroatoms. The number of aromatic nitrogens is 5. The Morgan fingerprint density at radius 2 is 1.85 bits per heavy atom. The first kappa shape index (κ1) is 21.5. The van der Waals surface area contributed by atoms with Crippen molar-refractivity contribution >= 4 is 29.3 Å². The van der Waals surface area contributed by atoms with E-state index in [1.807, 2.05) is 11.6 Å². The average molecular weight is 466 g/mol. The highest BCUT2D eigenvalue weighted by Crippen LogP contribution is 2.40. The number of nitrogens with zero attached hydrogens (tertiary/aromatic N) is 6. The van der Waals surface area contributed by atoms with Crippen LogP contribution in [0.5, 0.6) is 0 Å². The maximum Gasteiger partial charge on any atom is 0.270 e. The SMILES string of the molecule is Cn1c(Sc2ccc([N+](=O)[O-])cc2C(=O)Nc2ncc(C3CCCC3)cn2)nnc1C1CC1. The van der Waals surface area contributed by atoms with E-state index in [2.05, 4.69) is 25.5 Å². The number of anilines is 1. The van der Waals surface area contributed by atoms with Crippen molar-refractivity contribution < 1.29 is 9.72 Å². The highest BCUT2D eigenvalue weighted by molar-refractivity contribution is 7.99. The average Bonchev–Trinajstić information content (AvgIpc) is 3.37. The van der Waals surface area contributed by atoms with Crippen LogP contribution >= 0.6 is 11.8 Å². The van der Waals surface area contributed by atoms with Crippen molar-refractivity contribution in [3.63, 3.8) is 0 Å². The van der Waals surface area contributed by atoms with Crippen LogP contribution in [0.25, 0.3) is 0 Å². The lowest BCUT2D eigenvalue weighted by Crippen LogP contribution is -2.16. The standard InChI is InChI=1S/C22H23N7O3S/c1-28-19(14-6-7-14)26-27-22(28)33-18-9-8-16(29(31)32)10-17(18)20(30)25-21-23-11-15(12-24-21)13-4-2-3-5-13/h8-14H,2-7H2,1H3,(H,23,24,25,30). The minimum Gasteiger partial charge on any atom is -0.309 e. The van der Waals surface area contributed by atoms with E-state index in [1.54, 1.807) is 18.5 Å². The van der Waals surface area contributed by atoms with Gasteiger partial charge >= 0.3 is 0 Å². The van der Waals surface area contributed by atoms with Crippen molar-refractivity contribution in [3.8, 4) is 0 Å². The van der Waals surface area contributed by atoms with E-state index in [9.17, 15) is 14.9 Å². The fraction of sp³-hybridized carbons (Fsp3) is 0.409. The first-order valence-corrected chi connectivity index (χ1v) is 11.8. The molecular formula is C22H23N7O3S. The minimum atomic E-state index is -0.522. The summed E-state index contributed by atoms with van der Waals surface area (Å²) in [5.41, 5.74) is 1.07. The molecule has 2 heterocycles. The Hall–Kier alpha value is -3.34. The van der Waals surface area contributed by atoms with Gasteiger partial charge in [0.05, 0.1) is 10.5 Å². The third-order valence-electron chi connectivity index (χ3n) is 6.15. The molecule has 0 atom stereocenters. The number of benzene rings is 1. The van der Waals surface area contributed by atoms with Gasteiger partial charge in [0.15, 0.2) is 5.16 Å². The molecule has 2 saturated carbocycles. The van der Waals surface area contributed by atoms with Crippen LogP contribution in [0.3, 0.4) is 0 Å². The van der Waals surface area contributed by atoms with E-state index in [0.717, 1.165) is 37.1 Å². The molecule has 0 spiro atoms. The number of nitro benzene ring substituents is 1. The van der Waals surface area contributed by atoms with E-state index >= 15 is 0 Å². The van der Waals surface area contributed by atoms with Crippen LogP contribution in [-0.2, 0) is 7.05 Å². The van der Waals surface area contributed by atoms with E-state index < -0.39 is 10.8 Å². The molecule has 1 aromatic carbocycles. The van der Waals surface area contributed by atoms with Gasteiger partial charge in [0.1, 0.15) is 5.82 Å². The molecule has 2 fully saturated rings. The number of nitrogens with one attached hydrogen (secondary N) is 1. The Balaban J connectivity index is 1.38. The van der Waals surface area contributed by atoms with Crippen molar-refractivity contribution in [2.75, 3.05) is 5.32 Å². The van der Waals surface area contributed by atoms with E-state index in [4.69, 9.17) is 0 Å². The summed E-state index contributed by atoms with van der Waals surface area (Å²) in [6, 6.07) is 4.21. The van der Waals surface area contributed by atoms with Gasteiger partial charge in [0.25, 0.3) is 11.6 Å². The third kappa shape index (κ3) is 4.58. The Morgan fingerprint density at radius 3 is 2.52 bits per heavy atom. The van der Waals surface area contributed by atoms with Gasteiger partial charge in [-0.2, -0.15) is 0 Å². The molecule has 2 aromatic heterocycles. The van der Waals surface area contributed by atoms with Crippen molar-refractivity contribution in [1.82, 2.24) is 24.7 Å². The molecule has 5 rings (SSSR count). The fourth-order valence-electron chi connectivity index (χ4n) is 4.15. The molecule has 1 amide bonds. The molecular weight excluding hydrogens is 442 g/mol. The van der Waals surface area contributed by atoms with Crippen LogP contribution in [0.1, 0.15) is 72.1 Å². The van der Waals surface area contributed by atoms with E-state index in [-0.39, 0.29) is 17.2 Å². The summed E-state index contributed by atoms with van der Waals surface area (Å²) >= 11 is 1.25. The Kier molecular flexibility index (Phi) is 5.79. The summed E-state index contributed by atoms with van der Waals surface area (Å²) in [4.78, 5) is 33.0. The summed E-state index contributed by atoms with van der Waals surface area (Å²) < 4.78 is 1.91. The number of hydrogen-bond donors (Lipinski definition) is 1. The zero-order chi connectivity index (χ0) is 22.9. The van der Waals surface area contributed by atoms with Gasteiger partial charge in [-0.1, -0.05) is 12.8 Å². The number of hydrogen-bond acceptors (Lipinski definition) is 8. The maximum atomic E-state index is 13.1. The molecule has 0 bridgehead atoms. The van der Waals surface area contributed by atoms with Crippen LogP contribution in [0.2, 0.25) is 0 Å². The lowest BCUT2D eigenvalue weighted by Gasteiger charge is -2.11. The first-order valence-electron chi connectivity index (χ1n) is 11.0. The number of non-ortho nitro benzene ring substituents is 1. The maximum absolute atomic E-state index is 13.1. The van der Waals surface area contributed by atoms with Crippen LogP contribution in [0.4, 0.5) is 11.6 Å². The quantitative estimate of drug-likeness (QED) is 0.400. The zero-order valence-corrected chi connectivity index (χ0v) is 18.9. The van der Waals surface area contributed by atoms with Crippen molar-refractivity contribution in [3.05, 3.63) is 57.7 Å². The Morgan fingerprint density at radius 1 is 1.12 bits per heavy atom. The minimum absolute atomic E-state index is 0.161. The zero-order valence-electron chi connectivity index (χ0n) is 18.1. The number of rotatable bonds is 7. The smallest absolute Gasteiger partial charge is 0.270 e. The largest absolute Gasteiger partial charge is 0.309 e. The van der Waals surface area contributed by atoms with Crippen molar-refractivity contribution in [2.45, 2.75) is 60.4 Å². The van der Waals surface area contributed by atoms with Crippen molar-refractivity contribution in [2.24, 2.45) is 7.05 Å². The molecule has 2 aliphatic rings. The highest BCUT2D eigenvalue weighted by Gasteiger charge is 2.30. The number of nitro groups is 1. The molecule has 0 unspecified atom stereocenters. The molecule has 33 heavy (non-hydrogen) atoms. The summed E-state index contributed by atoms with van der Waals surface area (Å²) in [5, 5.41) is 23.1. The lowest BCUT2D eigenvalue weighted by molar-refractivity contribution is -0.384. The van der Waals surface area contributed by atoms with Crippen LogP contribution in [0.15, 0.2) is 40.6 Å². The molecule has 170 valence electrons. The number of amides is 1. The van der Waals surface area contributed by atoms with Gasteiger partial charge in [-0.05, 0) is 55.0 Å². The summed E-state index contributed by atoms with van der Waals surface area (Å²) in [7, 11) is 1.89. The Labute approximate surface area is 194 Å². The molecule has 0 saturated heterocycles. The van der Waals surface area contributed by atoms with Crippen LogP contribution in [0, 0.1) is 10.1 Å². The first-order chi connectivity index (χ1) is 16.0. The van der Waals surface area contributed by atoms with Gasteiger partial charge < -0.3 is 4.57 Å². The molecule has 0 radical (unpaired) electrons. The predicted molar refractivity (Wildman–Crippen MR) is 121 cm³/mol. The number of carbonyl (C=O) groups is 1. The van der Waals surface area contributed by atoms with Crippen molar-refractivity contribution in [1.29, 1.82) is 0 Å². The molecule has 0 aliphatic heterocycles. The van der Waals surface area contributed by atoms with Gasteiger partial charge in [-0.3, -0.25) is 20.2 Å². The van der Waals surface area contributed by atoms with Crippen LogP contribution < -0.4 is 5.32 Å². The summed E-state index contributed by atoms with van der Waals surface area (Å²) in [6.07, 6.45) is 10.4. The summed E-state index contributed by atoms with van der Waals surface area (Å²) in [5.74, 6) is 1.47. The van der Waals surface area contributed by atoms with Gasteiger partial charge in [-0.25, -0.2) is 9.97 Å². The molecule has 10 nitrogen and oxygen atoms in total. The fourth-order valence-corrected chi connectivity index (χ4v) is 5.06. The monoisotopic (exact) mass is 465 g/mol. The Bertz CT molecular complexity index is 1200.